The third kappa shape index (κ3) is 3.42. The summed E-state index contributed by atoms with van der Waals surface area (Å²) in [6, 6.07) is -0.266. The van der Waals surface area contributed by atoms with Crippen molar-refractivity contribution in [3.05, 3.63) is 0 Å². The van der Waals surface area contributed by atoms with Gasteiger partial charge in [-0.25, -0.2) is 4.79 Å². The Morgan fingerprint density at radius 1 is 1.89 bits per heavy atom. The zero-order valence-electron chi connectivity index (χ0n) is 5.47. The van der Waals surface area contributed by atoms with Crippen molar-refractivity contribution in [1.82, 2.24) is 5.32 Å². The van der Waals surface area contributed by atoms with Crippen LogP contribution in [0, 0.1) is 12.3 Å². The molecule has 0 aliphatic carbocycles. The number of terminal acetylenes is 1. The molecule has 0 fully saturated rings. The SMILES string of the molecule is C#CC(C)NC(=O)OC. The maximum atomic E-state index is 10.4. The molecule has 0 saturated carbocycles. The molecule has 0 heterocycles. The van der Waals surface area contributed by atoms with Gasteiger partial charge in [0.15, 0.2) is 0 Å². The second-order valence-electron chi connectivity index (χ2n) is 1.52. The molecule has 0 aromatic carbocycles. The van der Waals surface area contributed by atoms with Gasteiger partial charge in [0, 0.05) is 0 Å². The number of carbonyl (C=O) groups is 1. The van der Waals surface area contributed by atoms with Crippen molar-refractivity contribution in [3.8, 4) is 12.3 Å². The summed E-state index contributed by atoms with van der Waals surface area (Å²) in [5.41, 5.74) is 0. The molecule has 1 N–H and O–H groups in total. The molecule has 9 heavy (non-hydrogen) atoms. The fraction of sp³-hybridized carbons (Fsp3) is 0.500. The Balaban J connectivity index is 3.50. The molecule has 1 unspecified atom stereocenters. The van der Waals surface area contributed by atoms with E-state index in [-0.39, 0.29) is 6.04 Å². The first-order valence-electron chi connectivity index (χ1n) is 2.51. The second kappa shape index (κ2) is 3.79. The average molecular weight is 127 g/mol. The fourth-order valence-electron chi connectivity index (χ4n) is 0.277. The van der Waals surface area contributed by atoms with Crippen molar-refractivity contribution in [2.45, 2.75) is 13.0 Å². The smallest absolute Gasteiger partial charge is 0.407 e. The van der Waals surface area contributed by atoms with E-state index in [9.17, 15) is 4.79 Å². The second-order valence-corrected chi connectivity index (χ2v) is 1.52. The molecule has 0 aliphatic rings. The van der Waals surface area contributed by atoms with Gasteiger partial charge in [0.25, 0.3) is 0 Å². The summed E-state index contributed by atoms with van der Waals surface area (Å²) in [5, 5.41) is 2.38. The zero-order chi connectivity index (χ0) is 7.28. The van der Waals surface area contributed by atoms with E-state index in [0.717, 1.165) is 0 Å². The Hall–Kier alpha value is -1.17. The summed E-state index contributed by atoms with van der Waals surface area (Å²) in [6.45, 7) is 1.69. The van der Waals surface area contributed by atoms with E-state index in [1.165, 1.54) is 7.11 Å². The van der Waals surface area contributed by atoms with E-state index in [2.05, 4.69) is 16.0 Å². The van der Waals surface area contributed by atoms with E-state index >= 15 is 0 Å². The van der Waals surface area contributed by atoms with Crippen LogP contribution in [-0.4, -0.2) is 19.2 Å². The maximum absolute atomic E-state index is 10.4. The van der Waals surface area contributed by atoms with Crippen LogP contribution in [0.25, 0.3) is 0 Å². The molecule has 0 saturated heterocycles. The van der Waals surface area contributed by atoms with E-state index in [1.54, 1.807) is 6.92 Å². The lowest BCUT2D eigenvalue weighted by Gasteiger charge is -2.03. The lowest BCUT2D eigenvalue weighted by molar-refractivity contribution is 0.169. The molecule has 0 aromatic rings. The van der Waals surface area contributed by atoms with Gasteiger partial charge in [0.2, 0.25) is 0 Å². The molecular weight excluding hydrogens is 118 g/mol. The first-order valence-corrected chi connectivity index (χ1v) is 2.51. The highest BCUT2D eigenvalue weighted by molar-refractivity contribution is 5.67. The number of alkyl carbamates (subject to hydrolysis) is 1. The first kappa shape index (κ1) is 7.83. The minimum absolute atomic E-state index is 0.266. The minimum atomic E-state index is -0.500. The van der Waals surface area contributed by atoms with Crippen LogP contribution in [0.5, 0.6) is 0 Å². The summed E-state index contributed by atoms with van der Waals surface area (Å²) in [4.78, 5) is 10.4. The molecule has 0 aromatic heterocycles. The van der Waals surface area contributed by atoms with Gasteiger partial charge in [-0.15, -0.1) is 6.42 Å². The van der Waals surface area contributed by atoms with E-state index < -0.39 is 6.09 Å². The number of ether oxygens (including phenoxy) is 1. The zero-order valence-corrected chi connectivity index (χ0v) is 5.47. The number of rotatable bonds is 1. The fourth-order valence-corrected chi connectivity index (χ4v) is 0.277. The highest BCUT2D eigenvalue weighted by Crippen LogP contribution is 1.77. The minimum Gasteiger partial charge on any atom is -0.453 e. The summed E-state index contributed by atoms with van der Waals surface area (Å²) < 4.78 is 4.28. The molecule has 3 heteroatoms. The molecule has 0 spiro atoms. The molecule has 0 bridgehead atoms. The van der Waals surface area contributed by atoms with Gasteiger partial charge in [-0.1, -0.05) is 5.92 Å². The van der Waals surface area contributed by atoms with Crippen molar-refractivity contribution in [3.63, 3.8) is 0 Å². The van der Waals surface area contributed by atoms with Crippen LogP contribution in [0.4, 0.5) is 4.79 Å². The van der Waals surface area contributed by atoms with Crippen LogP contribution in [0.2, 0.25) is 0 Å². The quantitative estimate of drug-likeness (QED) is 0.516. The Bertz CT molecular complexity index is 136. The Morgan fingerprint density at radius 3 is 2.78 bits per heavy atom. The number of nitrogens with one attached hydrogen (secondary N) is 1. The monoisotopic (exact) mass is 127 g/mol. The maximum Gasteiger partial charge on any atom is 0.407 e. The Kier molecular flexibility index (Phi) is 3.29. The van der Waals surface area contributed by atoms with Crippen LogP contribution in [-0.2, 0) is 4.74 Å². The van der Waals surface area contributed by atoms with Crippen LogP contribution in [0.3, 0.4) is 0 Å². The normalized spacial score (nSPS) is 11.2. The van der Waals surface area contributed by atoms with Crippen LogP contribution in [0.1, 0.15) is 6.92 Å². The van der Waals surface area contributed by atoms with Gasteiger partial charge < -0.3 is 10.1 Å². The Morgan fingerprint density at radius 2 is 2.44 bits per heavy atom. The van der Waals surface area contributed by atoms with Gasteiger partial charge in [-0.05, 0) is 6.92 Å². The number of hydrogen-bond donors (Lipinski definition) is 1. The van der Waals surface area contributed by atoms with Gasteiger partial charge in [-0.3, -0.25) is 0 Å². The van der Waals surface area contributed by atoms with Crippen LogP contribution < -0.4 is 5.32 Å². The highest BCUT2D eigenvalue weighted by Gasteiger charge is 2.00. The van der Waals surface area contributed by atoms with Crippen molar-refractivity contribution in [2.75, 3.05) is 7.11 Å². The lowest BCUT2D eigenvalue weighted by atomic mass is 10.4. The van der Waals surface area contributed by atoms with Gasteiger partial charge in [0.05, 0.1) is 13.2 Å². The van der Waals surface area contributed by atoms with Gasteiger partial charge in [0.1, 0.15) is 0 Å². The molecular formula is C6H9NO2. The highest BCUT2D eigenvalue weighted by atomic mass is 16.5. The third-order valence-electron chi connectivity index (χ3n) is 0.770. The van der Waals surface area contributed by atoms with E-state index in [0.29, 0.717) is 0 Å². The third-order valence-corrected chi connectivity index (χ3v) is 0.770. The molecule has 0 radical (unpaired) electrons. The van der Waals surface area contributed by atoms with Crippen LogP contribution >= 0.6 is 0 Å². The van der Waals surface area contributed by atoms with Crippen molar-refractivity contribution in [2.24, 2.45) is 0 Å². The predicted octanol–water partition coefficient (Wildman–Crippen LogP) is 0.364. The lowest BCUT2D eigenvalue weighted by Crippen LogP contribution is -2.30. The summed E-state index contributed by atoms with van der Waals surface area (Å²) >= 11 is 0. The van der Waals surface area contributed by atoms with Gasteiger partial charge in [-0.2, -0.15) is 0 Å². The molecule has 1 amide bonds. The number of carbonyl (C=O) groups excluding carboxylic acids is 1. The van der Waals surface area contributed by atoms with Crippen molar-refractivity contribution in [1.29, 1.82) is 0 Å². The van der Waals surface area contributed by atoms with E-state index in [4.69, 9.17) is 6.42 Å². The predicted molar refractivity (Wildman–Crippen MR) is 33.8 cm³/mol. The largest absolute Gasteiger partial charge is 0.453 e. The topological polar surface area (TPSA) is 38.3 Å². The first-order chi connectivity index (χ1) is 4.20. The van der Waals surface area contributed by atoms with Gasteiger partial charge >= 0.3 is 6.09 Å². The average Bonchev–Trinajstić information content (AvgIpc) is 1.87. The standard InChI is InChI=1S/C6H9NO2/c1-4-5(2)7-6(8)9-3/h1,5H,2-3H3,(H,7,8). The van der Waals surface area contributed by atoms with E-state index in [1.807, 2.05) is 0 Å². The molecule has 3 nitrogen and oxygen atoms in total. The van der Waals surface area contributed by atoms with Crippen molar-refractivity contribution < 1.29 is 9.53 Å². The summed E-state index contributed by atoms with van der Waals surface area (Å²) in [7, 11) is 1.29. The van der Waals surface area contributed by atoms with Crippen LogP contribution in [0.15, 0.2) is 0 Å². The number of amides is 1. The summed E-state index contributed by atoms with van der Waals surface area (Å²) in [5.74, 6) is 2.32. The Labute approximate surface area is 54.4 Å². The molecule has 0 rings (SSSR count). The molecule has 1 atom stereocenters. The number of hydrogen-bond acceptors (Lipinski definition) is 2. The van der Waals surface area contributed by atoms with Crippen molar-refractivity contribution >= 4 is 6.09 Å². The number of methoxy groups -OCH3 is 1. The summed E-state index contributed by atoms with van der Waals surface area (Å²) in [6.07, 6.45) is 4.46. The molecule has 0 aliphatic heterocycles. The molecule has 50 valence electrons.